The van der Waals surface area contributed by atoms with E-state index in [-0.39, 0.29) is 12.2 Å². The molecule has 1 rings (SSSR count). The molecule has 0 aliphatic carbocycles. The van der Waals surface area contributed by atoms with Gasteiger partial charge in [-0.2, -0.15) is 74.6 Å². The average molecular weight is 625 g/mol. The molecule has 0 radical (unpaired) electrons. The number of esters is 1. The zero-order chi connectivity index (χ0) is 32.0. The van der Waals surface area contributed by atoms with Crippen molar-refractivity contribution in [2.75, 3.05) is 11.9 Å². The first kappa shape index (κ1) is 35.0. The average Bonchev–Trinajstić information content (AvgIpc) is 2.81. The van der Waals surface area contributed by atoms with E-state index in [1.807, 2.05) is 0 Å². The second kappa shape index (κ2) is 10.4. The molecule has 4 nitrogen and oxygen atoms in total. The van der Waals surface area contributed by atoms with Gasteiger partial charge < -0.3 is 10.1 Å². The maximum absolute atomic E-state index is 14.0. The molecule has 0 saturated carbocycles. The van der Waals surface area contributed by atoms with Crippen LogP contribution in [-0.2, 0) is 9.53 Å². The van der Waals surface area contributed by atoms with Crippen LogP contribution in [0.25, 0.3) is 0 Å². The minimum absolute atomic E-state index is 0.115. The van der Waals surface area contributed by atoms with E-state index >= 15 is 0 Å². The molecule has 0 spiro atoms. The van der Waals surface area contributed by atoms with E-state index in [0.29, 0.717) is 30.7 Å². The summed E-state index contributed by atoms with van der Waals surface area (Å²) in [5.41, 5.74) is -1.43. The standard InChI is InChI=1S/C19H12F17NO3/c1-2-7-40-10(38)8-3-5-9(6-4-8)37-11(39)12(20,21)13(22,23)14(24,25)15(26,27)16(28,29)17(30,31)18(32,33)19(34,35)36/h3-6H,2,7H2,1H3,(H,37,39). The van der Waals surface area contributed by atoms with Crippen LogP contribution in [0.15, 0.2) is 24.3 Å². The Morgan fingerprint density at radius 1 is 0.625 bits per heavy atom. The number of hydrogen-bond acceptors (Lipinski definition) is 3. The molecule has 0 unspecified atom stereocenters. The number of ether oxygens (including phenoxy) is 1. The molecular weight excluding hydrogens is 613 g/mol. The summed E-state index contributed by atoms with van der Waals surface area (Å²) in [6, 6.07) is 2.23. The van der Waals surface area contributed by atoms with Crippen LogP contribution in [0, 0.1) is 0 Å². The van der Waals surface area contributed by atoms with E-state index < -0.39 is 65.2 Å². The molecule has 1 amide bonds. The Kier molecular flexibility index (Phi) is 9.12. The van der Waals surface area contributed by atoms with Gasteiger partial charge in [0.2, 0.25) is 0 Å². The van der Waals surface area contributed by atoms with Crippen LogP contribution in [0.4, 0.5) is 80.3 Å². The Balaban J connectivity index is 3.43. The van der Waals surface area contributed by atoms with Gasteiger partial charge >= 0.3 is 59.5 Å². The summed E-state index contributed by atoms with van der Waals surface area (Å²) in [5, 5.41) is 0.731. The van der Waals surface area contributed by atoms with Gasteiger partial charge in [0.25, 0.3) is 0 Å². The quantitative estimate of drug-likeness (QED) is 0.209. The summed E-state index contributed by atoms with van der Waals surface area (Å²) in [6.45, 7) is 1.46. The number of rotatable bonds is 11. The number of hydrogen-bond donors (Lipinski definition) is 1. The third kappa shape index (κ3) is 5.21. The highest BCUT2D eigenvalue weighted by Crippen LogP contribution is 2.64. The predicted molar refractivity (Wildman–Crippen MR) is 96.3 cm³/mol. The van der Waals surface area contributed by atoms with Crippen molar-refractivity contribution in [3.8, 4) is 0 Å². The molecule has 21 heteroatoms. The maximum Gasteiger partial charge on any atom is 0.460 e. The first-order valence-electron chi connectivity index (χ1n) is 9.89. The fourth-order valence-corrected chi connectivity index (χ4v) is 2.48. The largest absolute Gasteiger partial charge is 0.462 e. The van der Waals surface area contributed by atoms with Gasteiger partial charge in [-0.15, -0.1) is 0 Å². The Morgan fingerprint density at radius 2 is 1.00 bits per heavy atom. The molecule has 0 heterocycles. The Bertz CT molecular complexity index is 1080. The zero-order valence-electron chi connectivity index (χ0n) is 18.9. The number of carbonyl (C=O) groups is 2. The molecule has 1 aromatic carbocycles. The smallest absolute Gasteiger partial charge is 0.460 e. The summed E-state index contributed by atoms with van der Waals surface area (Å²) in [6.07, 6.45) is -7.53. The van der Waals surface area contributed by atoms with Gasteiger partial charge in [0.15, 0.2) is 0 Å². The third-order valence-corrected chi connectivity index (χ3v) is 4.82. The minimum atomic E-state index is -8.79. The number of nitrogens with one attached hydrogen (secondary N) is 1. The molecule has 230 valence electrons. The van der Waals surface area contributed by atoms with Crippen LogP contribution in [0.2, 0.25) is 0 Å². The lowest BCUT2D eigenvalue weighted by Crippen LogP contribution is -2.75. The topological polar surface area (TPSA) is 55.4 Å². The van der Waals surface area contributed by atoms with E-state index in [2.05, 4.69) is 4.74 Å². The van der Waals surface area contributed by atoms with E-state index in [0.717, 1.165) is 5.32 Å². The SMILES string of the molecule is CCCOC(=O)c1ccc(NC(=O)C(F)(F)C(F)(F)C(F)(F)C(F)(F)C(F)(F)C(F)(F)C(F)(F)C(F)(F)F)cc1. The number of alkyl halides is 17. The molecular formula is C19H12F17NO3. The molecule has 1 aromatic rings. The lowest BCUT2D eigenvalue weighted by atomic mass is 9.89. The summed E-state index contributed by atoms with van der Waals surface area (Å²) in [4.78, 5) is 23.1. The van der Waals surface area contributed by atoms with Crippen molar-refractivity contribution in [1.29, 1.82) is 0 Å². The number of halogens is 17. The zero-order valence-corrected chi connectivity index (χ0v) is 18.9. The lowest BCUT2D eigenvalue weighted by molar-refractivity contribution is -0.459. The van der Waals surface area contributed by atoms with E-state index in [4.69, 9.17) is 0 Å². The summed E-state index contributed by atoms with van der Waals surface area (Å²) in [7, 11) is 0. The van der Waals surface area contributed by atoms with Gasteiger partial charge in [-0.25, -0.2) is 4.79 Å². The van der Waals surface area contributed by atoms with E-state index in [9.17, 15) is 84.2 Å². The van der Waals surface area contributed by atoms with Gasteiger partial charge in [-0.05, 0) is 30.7 Å². The number of benzene rings is 1. The van der Waals surface area contributed by atoms with Gasteiger partial charge in [0, 0.05) is 5.69 Å². The predicted octanol–water partition coefficient (Wildman–Crippen LogP) is 7.20. The van der Waals surface area contributed by atoms with Crippen molar-refractivity contribution in [2.24, 2.45) is 0 Å². The Labute approximate surface area is 210 Å². The van der Waals surface area contributed by atoms with Crippen LogP contribution in [0.3, 0.4) is 0 Å². The first-order chi connectivity index (χ1) is 17.6. The van der Waals surface area contributed by atoms with Crippen molar-refractivity contribution >= 4 is 17.6 Å². The molecule has 0 bridgehead atoms. The lowest BCUT2D eigenvalue weighted by Gasteiger charge is -2.42. The second-order valence-corrected chi connectivity index (χ2v) is 7.69. The summed E-state index contributed by atoms with van der Waals surface area (Å²) < 4.78 is 230. The molecule has 1 N–H and O–H groups in total. The number of amides is 1. The fourth-order valence-electron chi connectivity index (χ4n) is 2.48. The Morgan fingerprint density at radius 3 is 1.38 bits per heavy atom. The fraction of sp³-hybridized carbons (Fsp3) is 0.579. The Hall–Kier alpha value is -3.03. The molecule has 0 fully saturated rings. The third-order valence-electron chi connectivity index (χ3n) is 4.82. The van der Waals surface area contributed by atoms with Crippen molar-refractivity contribution in [1.82, 2.24) is 0 Å². The molecule has 40 heavy (non-hydrogen) atoms. The summed E-state index contributed by atoms with van der Waals surface area (Å²) in [5.74, 6) is -63.2. The first-order valence-corrected chi connectivity index (χ1v) is 9.89. The molecule has 0 atom stereocenters. The number of anilines is 1. The van der Waals surface area contributed by atoms with E-state index in [1.165, 1.54) is 0 Å². The van der Waals surface area contributed by atoms with Crippen molar-refractivity contribution in [3.05, 3.63) is 29.8 Å². The van der Waals surface area contributed by atoms with Crippen molar-refractivity contribution in [2.45, 2.75) is 61.0 Å². The molecule has 0 aliphatic heterocycles. The highest BCUT2D eigenvalue weighted by Gasteiger charge is 2.95. The number of carbonyl (C=O) groups excluding carboxylic acids is 2. The van der Waals surface area contributed by atoms with Gasteiger partial charge in [-0.3, -0.25) is 4.79 Å². The van der Waals surface area contributed by atoms with Crippen LogP contribution >= 0.6 is 0 Å². The molecule has 0 aromatic heterocycles. The highest BCUT2D eigenvalue weighted by atomic mass is 19.4. The van der Waals surface area contributed by atoms with Crippen LogP contribution < -0.4 is 5.32 Å². The minimum Gasteiger partial charge on any atom is -0.462 e. The molecule has 0 aliphatic rings. The van der Waals surface area contributed by atoms with Crippen LogP contribution in [0.1, 0.15) is 23.7 Å². The second-order valence-electron chi connectivity index (χ2n) is 7.69. The van der Waals surface area contributed by atoms with Gasteiger partial charge in [-0.1, -0.05) is 6.92 Å². The van der Waals surface area contributed by atoms with Gasteiger partial charge in [0.1, 0.15) is 0 Å². The maximum atomic E-state index is 14.0. The van der Waals surface area contributed by atoms with Gasteiger partial charge in [0.05, 0.1) is 12.2 Å². The van der Waals surface area contributed by atoms with E-state index in [1.54, 1.807) is 6.92 Å². The van der Waals surface area contributed by atoms with Crippen molar-refractivity contribution < 1.29 is 89.0 Å². The highest BCUT2D eigenvalue weighted by molar-refractivity contribution is 5.97. The molecule has 0 saturated heterocycles. The van der Waals surface area contributed by atoms with Crippen LogP contribution in [0.5, 0.6) is 0 Å². The van der Waals surface area contributed by atoms with Crippen LogP contribution in [-0.4, -0.2) is 66.1 Å². The monoisotopic (exact) mass is 625 g/mol. The summed E-state index contributed by atoms with van der Waals surface area (Å²) >= 11 is 0. The van der Waals surface area contributed by atoms with Crippen molar-refractivity contribution in [3.63, 3.8) is 0 Å². The normalized spacial score (nSPS) is 14.7.